The van der Waals surface area contributed by atoms with Gasteiger partial charge >= 0.3 is 0 Å². The molecule has 0 aliphatic heterocycles. The van der Waals surface area contributed by atoms with Crippen LogP contribution in [0.15, 0.2) is 67.2 Å². The van der Waals surface area contributed by atoms with Gasteiger partial charge in [0.15, 0.2) is 41.5 Å². The highest BCUT2D eigenvalue weighted by Gasteiger charge is 2.42. The van der Waals surface area contributed by atoms with Crippen LogP contribution >= 0.6 is 68.8 Å². The van der Waals surface area contributed by atoms with Crippen molar-refractivity contribution >= 4 is 104 Å². The molecule has 0 spiro atoms. The van der Waals surface area contributed by atoms with Crippen molar-refractivity contribution in [3.05, 3.63) is 120 Å². The smallest absolute Gasteiger partial charge is 0.199 e. The second-order valence-corrected chi connectivity index (χ2v) is 26.5. The molecule has 0 saturated carbocycles. The number of alkyl halides is 3. The number of aliphatic hydroxyl groups excluding tert-OH is 2. The van der Waals surface area contributed by atoms with Crippen molar-refractivity contribution in [1.82, 2.24) is 0 Å². The van der Waals surface area contributed by atoms with Crippen molar-refractivity contribution in [3.63, 3.8) is 0 Å². The molecular formula is C42H31Cl3F6O9S6. The lowest BCUT2D eigenvalue weighted by Crippen LogP contribution is -2.11. The largest absolute Gasteiger partial charge is 0.385 e. The first-order valence-electron chi connectivity index (χ1n) is 18.8. The zero-order valence-corrected chi connectivity index (χ0v) is 41.0. The molecule has 6 aromatic rings. The number of rotatable bonds is 6. The molecule has 66 heavy (non-hydrogen) atoms. The monoisotopic (exact) mass is 1090 g/mol. The number of sulfone groups is 3. The summed E-state index contributed by atoms with van der Waals surface area (Å²) < 4.78 is 153. The number of carbonyl (C=O) groups is 1. The van der Waals surface area contributed by atoms with Crippen LogP contribution in [0.2, 0.25) is 15.1 Å². The third-order valence-corrected chi connectivity index (χ3v) is 20.4. The standard InChI is InChI=1S/2C14H11ClF2O3S2.C14H9ClF2O3S2/c3*1-22(19,20)14-11-9(5-10(17)12(11)18)13(21-14)6-2-7(15)4-8(16)3-6/h2*2-4,10,12,18H,5H2,1H3;2-4,10H,5H2,1H3/t10-,12+;10-,12-;/m01./s1. The topological polar surface area (TPSA) is 160 Å². The van der Waals surface area contributed by atoms with Gasteiger partial charge < -0.3 is 10.2 Å². The number of aliphatic hydroxyl groups is 2. The molecule has 0 fully saturated rings. The number of carbonyl (C=O) groups excluding carboxylic acids is 1. The molecule has 1 unspecified atom stereocenters. The number of Topliss-reactive ketones (excluding diaryl/α,β-unsaturated/α-hetero) is 1. The summed E-state index contributed by atoms with van der Waals surface area (Å²) in [6.45, 7) is 0. The summed E-state index contributed by atoms with van der Waals surface area (Å²) in [7, 11) is -10.9. The fourth-order valence-electron chi connectivity index (χ4n) is 7.77. The minimum atomic E-state index is -3.69. The lowest BCUT2D eigenvalue weighted by molar-refractivity contribution is 0.0896. The minimum Gasteiger partial charge on any atom is -0.385 e. The maximum absolute atomic E-state index is 13.8. The summed E-state index contributed by atoms with van der Waals surface area (Å²) in [6.07, 6.45) is -5.31. The first kappa shape index (κ1) is 50.5. The van der Waals surface area contributed by atoms with Crippen molar-refractivity contribution in [2.24, 2.45) is 0 Å². The van der Waals surface area contributed by atoms with Crippen LogP contribution in [0.5, 0.6) is 0 Å². The maximum atomic E-state index is 13.8. The number of fused-ring (bicyclic) bond motifs is 3. The van der Waals surface area contributed by atoms with Crippen molar-refractivity contribution in [3.8, 4) is 31.3 Å². The Kier molecular flexibility index (Phi) is 14.2. The Hall–Kier alpha value is -3.35. The van der Waals surface area contributed by atoms with Crippen LogP contribution in [-0.4, -0.2) is 78.5 Å². The third-order valence-electron chi connectivity index (χ3n) is 10.4. The zero-order valence-electron chi connectivity index (χ0n) is 33.8. The number of hydrogen-bond donors (Lipinski definition) is 2. The molecular weight excluding hydrogens is 1060 g/mol. The van der Waals surface area contributed by atoms with Gasteiger partial charge in [0.05, 0.1) is 5.56 Å². The predicted molar refractivity (Wildman–Crippen MR) is 244 cm³/mol. The summed E-state index contributed by atoms with van der Waals surface area (Å²) in [6, 6.07) is 11.4. The molecule has 352 valence electrons. The lowest BCUT2D eigenvalue weighted by atomic mass is 10.1. The molecule has 2 N–H and O–H groups in total. The van der Waals surface area contributed by atoms with Gasteiger partial charge in [-0.15, -0.1) is 34.0 Å². The van der Waals surface area contributed by atoms with Gasteiger partial charge in [0.1, 0.15) is 54.6 Å². The van der Waals surface area contributed by atoms with Crippen LogP contribution in [0.1, 0.15) is 50.4 Å². The summed E-state index contributed by atoms with van der Waals surface area (Å²) in [5.74, 6) is -2.56. The molecule has 24 heteroatoms. The molecule has 0 bridgehead atoms. The van der Waals surface area contributed by atoms with E-state index in [4.69, 9.17) is 34.8 Å². The maximum Gasteiger partial charge on any atom is 0.199 e. The van der Waals surface area contributed by atoms with Crippen LogP contribution in [0.25, 0.3) is 31.3 Å². The average molecular weight is 1090 g/mol. The van der Waals surface area contributed by atoms with Crippen LogP contribution in [0.4, 0.5) is 26.3 Å². The average Bonchev–Trinajstić information content (AvgIpc) is 4.01. The SMILES string of the molecule is CS(=O)(=O)c1sc(-c2cc(F)cc(Cl)c2)c2c1C(=O)C(F)C2.CS(=O)(=O)c1sc(-c2cc(F)cc(Cl)c2)c2c1[C@H](O)[C@@H](F)C2.CS(=O)(=O)c1sc(-c2cc(F)cc(Cl)c2)c2c1[C@H](O)[C@H](F)C2. The van der Waals surface area contributed by atoms with Crippen LogP contribution in [0.3, 0.4) is 0 Å². The molecule has 3 aliphatic rings. The van der Waals surface area contributed by atoms with Crippen LogP contribution < -0.4 is 0 Å². The molecule has 9 rings (SSSR count). The molecule has 5 atom stereocenters. The van der Waals surface area contributed by atoms with Crippen molar-refractivity contribution in [2.45, 2.75) is 62.6 Å². The van der Waals surface area contributed by atoms with Gasteiger partial charge in [-0.25, -0.2) is 51.6 Å². The summed E-state index contributed by atoms with van der Waals surface area (Å²) in [5, 5.41) is 20.3. The van der Waals surface area contributed by atoms with Gasteiger partial charge in [-0.05, 0) is 88.0 Å². The Labute approximate surface area is 401 Å². The van der Waals surface area contributed by atoms with Crippen molar-refractivity contribution in [1.29, 1.82) is 0 Å². The Balaban J connectivity index is 0.000000147. The molecule has 3 heterocycles. The van der Waals surface area contributed by atoms with E-state index in [-0.39, 0.29) is 63.6 Å². The van der Waals surface area contributed by atoms with Crippen molar-refractivity contribution < 1.29 is 66.6 Å². The second kappa shape index (κ2) is 18.5. The number of hydrogen-bond acceptors (Lipinski definition) is 12. The van der Waals surface area contributed by atoms with Crippen LogP contribution in [0, 0.1) is 17.5 Å². The molecule has 0 saturated heterocycles. The fraction of sp³-hybridized carbons (Fsp3) is 0.262. The summed E-state index contributed by atoms with van der Waals surface area (Å²) >= 11 is 20.1. The number of thiophene rings is 3. The Bertz CT molecular complexity index is 3110. The van der Waals surface area contributed by atoms with Gasteiger partial charge in [-0.2, -0.15) is 0 Å². The molecule has 0 amide bonds. The normalized spacial score (nSPS) is 20.0. The van der Waals surface area contributed by atoms with E-state index in [1.165, 1.54) is 36.4 Å². The predicted octanol–water partition coefficient (Wildman–Crippen LogP) is 10.8. The van der Waals surface area contributed by atoms with Gasteiger partial charge in [-0.3, -0.25) is 4.79 Å². The van der Waals surface area contributed by atoms with E-state index >= 15 is 0 Å². The molecule has 3 aromatic heterocycles. The first-order valence-corrected chi connectivity index (χ1v) is 28.1. The second-order valence-electron chi connectivity index (χ2n) is 15.5. The van der Waals surface area contributed by atoms with E-state index in [0.29, 0.717) is 48.0 Å². The third kappa shape index (κ3) is 10.0. The lowest BCUT2D eigenvalue weighted by Gasteiger charge is -2.07. The summed E-state index contributed by atoms with van der Waals surface area (Å²) in [5.41, 5.74) is 2.30. The number of benzene rings is 3. The van der Waals surface area contributed by atoms with E-state index in [1.54, 1.807) is 0 Å². The van der Waals surface area contributed by atoms with Gasteiger partial charge in [0.2, 0.25) is 0 Å². The molecule has 9 nitrogen and oxygen atoms in total. The Morgan fingerprint density at radius 3 is 1.15 bits per heavy atom. The van der Waals surface area contributed by atoms with Crippen molar-refractivity contribution in [2.75, 3.05) is 18.8 Å². The highest BCUT2D eigenvalue weighted by atomic mass is 35.5. The van der Waals surface area contributed by atoms with Gasteiger partial charge in [-0.1, -0.05) is 34.8 Å². The fourth-order valence-corrected chi connectivity index (χ4v) is 16.1. The Morgan fingerprint density at radius 2 is 0.833 bits per heavy atom. The molecule has 3 aromatic carbocycles. The first-order chi connectivity index (χ1) is 30.5. The summed E-state index contributed by atoms with van der Waals surface area (Å²) in [4.78, 5) is 13.1. The minimum absolute atomic E-state index is 0.0782. The Morgan fingerprint density at radius 1 is 0.515 bits per heavy atom. The van der Waals surface area contributed by atoms with Crippen LogP contribution in [-0.2, 0) is 48.8 Å². The van der Waals surface area contributed by atoms with E-state index in [1.807, 2.05) is 0 Å². The number of halogens is 9. The van der Waals surface area contributed by atoms with E-state index < -0.39 is 83.5 Å². The van der Waals surface area contributed by atoms with E-state index in [2.05, 4.69) is 0 Å². The van der Waals surface area contributed by atoms with Gasteiger partial charge in [0, 0.05) is 78.9 Å². The van der Waals surface area contributed by atoms with E-state index in [0.717, 1.165) is 71.0 Å². The van der Waals surface area contributed by atoms with Gasteiger partial charge in [0.25, 0.3) is 0 Å². The van der Waals surface area contributed by atoms with E-state index in [9.17, 15) is 66.6 Å². The quantitative estimate of drug-likeness (QED) is 0.155. The zero-order chi connectivity index (χ0) is 48.7. The highest BCUT2D eigenvalue weighted by molar-refractivity contribution is 7.93. The molecule has 3 aliphatic carbocycles. The molecule has 0 radical (unpaired) electrons. The number of ketones is 1. The highest BCUT2D eigenvalue weighted by Crippen LogP contribution is 2.51.